The smallest absolute Gasteiger partial charge is 0.350 e. The van der Waals surface area contributed by atoms with E-state index >= 15 is 0 Å². The highest BCUT2D eigenvalue weighted by Crippen LogP contribution is 2.40. The lowest BCUT2D eigenvalue weighted by Crippen LogP contribution is -2.52. The van der Waals surface area contributed by atoms with E-state index in [2.05, 4.69) is 23.3 Å². The molecule has 0 spiro atoms. The second-order valence-corrected chi connectivity index (χ2v) is 12.1. The number of hydrogen-bond acceptors (Lipinski definition) is 10. The molecular weight excluding hydrogens is 498 g/mol. The van der Waals surface area contributed by atoms with Crippen LogP contribution in [0.15, 0.2) is 17.2 Å². The summed E-state index contributed by atoms with van der Waals surface area (Å²) < 4.78 is 5.14. The highest BCUT2D eigenvalue weighted by Gasteiger charge is 2.44. The molecule has 0 saturated heterocycles. The second kappa shape index (κ2) is 12.4. The Hall–Kier alpha value is -1.43. The molecule has 202 valence electrons. The van der Waals surface area contributed by atoms with Gasteiger partial charge in [-0.05, 0) is 88.5 Å². The number of fused-ring (bicyclic) bond motifs is 2. The largest absolute Gasteiger partial charge is 0.463 e. The van der Waals surface area contributed by atoms with E-state index in [-0.39, 0.29) is 12.4 Å². The molecule has 10 heteroatoms. The van der Waals surface area contributed by atoms with Crippen LogP contribution in [0.3, 0.4) is 0 Å². The molecule has 8 nitrogen and oxygen atoms in total. The monoisotopic (exact) mass is 539 g/mol. The highest BCUT2D eigenvalue weighted by atomic mass is 32.2. The Morgan fingerprint density at radius 2 is 1.83 bits per heavy atom. The number of aryl methyl sites for hydroxylation is 2. The number of hydrogen-bond donors (Lipinski definition) is 4. The van der Waals surface area contributed by atoms with Gasteiger partial charge in [0.05, 0.1) is 18.5 Å². The van der Waals surface area contributed by atoms with E-state index in [1.807, 2.05) is 0 Å². The van der Waals surface area contributed by atoms with Gasteiger partial charge in [0.1, 0.15) is 5.60 Å². The number of carbonyl (C=O) groups is 1. The third-order valence-electron chi connectivity index (χ3n) is 6.83. The van der Waals surface area contributed by atoms with Crippen LogP contribution < -0.4 is 16.1 Å². The minimum atomic E-state index is -1.93. The van der Waals surface area contributed by atoms with Crippen molar-refractivity contribution in [3.05, 3.63) is 39.5 Å². The first-order valence-corrected chi connectivity index (χ1v) is 14.6. The molecule has 2 aliphatic rings. The molecule has 1 aromatic rings. The molecular formula is C26H41N3O5S2. The fourth-order valence-corrected chi connectivity index (χ4v) is 6.77. The maximum absolute atomic E-state index is 12.7. The molecule has 0 aliphatic heterocycles. The van der Waals surface area contributed by atoms with Gasteiger partial charge in [0.2, 0.25) is 4.93 Å². The SMILES string of the molecule is CCOC(=O)C(O)(S/C=C(\ON)C(C)(C)O)C(C)NCSCN(C)c1c2c(cc3c1CCC3)CCC2. The molecule has 2 unspecified atom stereocenters. The van der Waals surface area contributed by atoms with E-state index in [1.165, 1.54) is 72.9 Å². The second-order valence-electron chi connectivity index (χ2n) is 10.0. The zero-order chi connectivity index (χ0) is 26.5. The summed E-state index contributed by atoms with van der Waals surface area (Å²) in [5, 5.41) is 26.1. The maximum Gasteiger partial charge on any atom is 0.350 e. The molecule has 3 rings (SSSR count). The zero-order valence-electron chi connectivity index (χ0n) is 22.1. The number of carbonyl (C=O) groups excluding carboxylic acids is 1. The van der Waals surface area contributed by atoms with Crippen molar-refractivity contribution >= 4 is 35.2 Å². The van der Waals surface area contributed by atoms with Crippen molar-refractivity contribution in [2.24, 2.45) is 5.90 Å². The van der Waals surface area contributed by atoms with E-state index in [4.69, 9.17) is 15.5 Å². The lowest BCUT2D eigenvalue weighted by Gasteiger charge is -2.31. The number of nitrogens with two attached hydrogens (primary N) is 1. The van der Waals surface area contributed by atoms with E-state index in [0.717, 1.165) is 30.5 Å². The summed E-state index contributed by atoms with van der Waals surface area (Å²) in [5.41, 5.74) is 6.13. The van der Waals surface area contributed by atoms with Crippen LogP contribution in [0.5, 0.6) is 0 Å². The molecule has 0 heterocycles. The summed E-state index contributed by atoms with van der Waals surface area (Å²) >= 11 is 2.49. The zero-order valence-corrected chi connectivity index (χ0v) is 23.7. The summed E-state index contributed by atoms with van der Waals surface area (Å²) in [5.74, 6) is 5.86. The quantitative estimate of drug-likeness (QED) is 0.0979. The molecule has 1 aromatic carbocycles. The minimum Gasteiger partial charge on any atom is -0.463 e. The summed E-state index contributed by atoms with van der Waals surface area (Å²) in [7, 11) is 2.16. The van der Waals surface area contributed by atoms with E-state index in [1.54, 1.807) is 25.6 Å². The van der Waals surface area contributed by atoms with Crippen LogP contribution >= 0.6 is 23.5 Å². The maximum atomic E-state index is 12.7. The predicted octanol–water partition coefficient (Wildman–Crippen LogP) is 3.21. The Morgan fingerprint density at radius 3 is 2.36 bits per heavy atom. The average molecular weight is 540 g/mol. The Bertz CT molecular complexity index is 934. The molecule has 2 aliphatic carbocycles. The molecule has 2 atom stereocenters. The summed E-state index contributed by atoms with van der Waals surface area (Å²) in [6.07, 6.45) is 7.12. The van der Waals surface area contributed by atoms with Crippen molar-refractivity contribution in [2.45, 2.75) is 82.8 Å². The van der Waals surface area contributed by atoms with Crippen LogP contribution in [0.4, 0.5) is 5.69 Å². The van der Waals surface area contributed by atoms with Crippen molar-refractivity contribution in [3.8, 4) is 0 Å². The van der Waals surface area contributed by atoms with E-state index in [0.29, 0.717) is 5.88 Å². The summed E-state index contributed by atoms with van der Waals surface area (Å²) in [4.78, 5) is 17.9. The number of nitrogens with zero attached hydrogens (tertiary/aromatic N) is 1. The van der Waals surface area contributed by atoms with Gasteiger partial charge in [-0.3, -0.25) is 0 Å². The normalized spacial score (nSPS) is 17.8. The summed E-state index contributed by atoms with van der Waals surface area (Å²) in [6.45, 7) is 6.55. The molecule has 0 fully saturated rings. The van der Waals surface area contributed by atoms with Gasteiger partial charge >= 0.3 is 5.97 Å². The molecule has 0 saturated carbocycles. The third-order valence-corrected chi connectivity index (χ3v) is 8.98. The average Bonchev–Trinajstić information content (AvgIpc) is 3.48. The third kappa shape index (κ3) is 6.52. The Labute approximate surface area is 223 Å². The first-order chi connectivity index (χ1) is 17.0. The van der Waals surface area contributed by atoms with Crippen LogP contribution in [-0.4, -0.2) is 58.2 Å². The first-order valence-electron chi connectivity index (χ1n) is 12.6. The molecule has 36 heavy (non-hydrogen) atoms. The number of aliphatic hydroxyl groups is 2. The molecule has 0 bridgehead atoms. The Kier molecular flexibility index (Phi) is 10.0. The van der Waals surface area contributed by atoms with Gasteiger partial charge in [0.25, 0.3) is 0 Å². The van der Waals surface area contributed by atoms with Gasteiger partial charge < -0.3 is 30.0 Å². The number of nitrogens with one attached hydrogen (secondary N) is 1. The molecule has 0 radical (unpaired) electrons. The Balaban J connectivity index is 1.63. The van der Waals surface area contributed by atoms with Gasteiger partial charge in [0, 0.05) is 24.0 Å². The lowest BCUT2D eigenvalue weighted by molar-refractivity contribution is -0.157. The van der Waals surface area contributed by atoms with Crippen molar-refractivity contribution < 1.29 is 24.6 Å². The van der Waals surface area contributed by atoms with Crippen LogP contribution in [0, 0.1) is 0 Å². The molecule has 5 N–H and O–H groups in total. The Morgan fingerprint density at radius 1 is 1.22 bits per heavy atom. The fraction of sp³-hybridized carbons (Fsp3) is 0.654. The van der Waals surface area contributed by atoms with Crippen molar-refractivity contribution in [3.63, 3.8) is 0 Å². The number of anilines is 1. The molecule has 0 amide bonds. The van der Waals surface area contributed by atoms with Gasteiger partial charge in [-0.15, -0.1) is 11.8 Å². The van der Waals surface area contributed by atoms with Crippen molar-refractivity contribution in [1.29, 1.82) is 0 Å². The van der Waals surface area contributed by atoms with Gasteiger partial charge in [0.15, 0.2) is 5.76 Å². The highest BCUT2D eigenvalue weighted by molar-refractivity contribution is 8.04. The van der Waals surface area contributed by atoms with Crippen LogP contribution in [0.25, 0.3) is 0 Å². The van der Waals surface area contributed by atoms with Crippen LogP contribution in [0.2, 0.25) is 0 Å². The summed E-state index contributed by atoms with van der Waals surface area (Å²) in [6, 6.07) is 1.79. The topological polar surface area (TPSA) is 117 Å². The van der Waals surface area contributed by atoms with Crippen molar-refractivity contribution in [2.75, 3.05) is 30.3 Å². The van der Waals surface area contributed by atoms with Gasteiger partial charge in [-0.1, -0.05) is 17.8 Å². The number of thioether (sulfide) groups is 2. The lowest BCUT2D eigenvalue weighted by atomic mass is 9.98. The number of esters is 1. The number of rotatable bonds is 13. The van der Waals surface area contributed by atoms with Crippen LogP contribution in [-0.2, 0) is 40.1 Å². The fourth-order valence-electron chi connectivity index (χ4n) is 4.84. The first kappa shape index (κ1) is 29.1. The minimum absolute atomic E-state index is 0.0290. The van der Waals surface area contributed by atoms with Gasteiger partial charge in [-0.2, -0.15) is 5.90 Å². The van der Waals surface area contributed by atoms with Crippen LogP contribution in [0.1, 0.15) is 62.8 Å². The van der Waals surface area contributed by atoms with E-state index in [9.17, 15) is 15.0 Å². The number of ether oxygens (including phenoxy) is 1. The van der Waals surface area contributed by atoms with Crippen molar-refractivity contribution in [1.82, 2.24) is 5.32 Å². The predicted molar refractivity (Wildman–Crippen MR) is 148 cm³/mol. The number of benzene rings is 1. The van der Waals surface area contributed by atoms with Gasteiger partial charge in [-0.25, -0.2) is 4.79 Å². The van der Waals surface area contributed by atoms with E-state index < -0.39 is 22.5 Å². The molecule has 0 aromatic heterocycles. The standard InChI is InChI=1S/C26H41N3O5S2/c1-6-33-24(30)26(32,36-14-22(34-27)25(3,4)31)17(2)28-15-35-16-29(5)23-20-11-7-9-18(20)13-19-10-8-12-21(19)23/h13-14,17,28,31-32H,6-12,15-16,27H2,1-5H3/b22-14-.